The van der Waals surface area contributed by atoms with Crippen LogP contribution in [0.5, 0.6) is 0 Å². The number of hydrogen-bond acceptors (Lipinski definition) is 4. The first-order chi connectivity index (χ1) is 6.51. The SMILES string of the molecule is CC1CNc2ccc(N)cc2S1(=O)=O. The Morgan fingerprint density at radius 1 is 1.50 bits per heavy atom. The van der Waals surface area contributed by atoms with Crippen LogP contribution in [0.2, 0.25) is 0 Å². The van der Waals surface area contributed by atoms with Gasteiger partial charge in [-0.3, -0.25) is 0 Å². The smallest absolute Gasteiger partial charge is 0.184 e. The molecule has 1 unspecified atom stereocenters. The quantitative estimate of drug-likeness (QED) is 0.625. The minimum Gasteiger partial charge on any atom is -0.399 e. The van der Waals surface area contributed by atoms with Crippen molar-refractivity contribution in [3.8, 4) is 0 Å². The maximum Gasteiger partial charge on any atom is 0.184 e. The molecule has 0 aromatic heterocycles. The first-order valence-corrected chi connectivity index (χ1v) is 5.94. The lowest BCUT2D eigenvalue weighted by molar-refractivity contribution is 0.582. The predicted octanol–water partition coefficient (Wildman–Crippen LogP) is 0.857. The van der Waals surface area contributed by atoms with Crippen molar-refractivity contribution in [1.82, 2.24) is 0 Å². The zero-order valence-corrected chi connectivity index (χ0v) is 8.64. The van der Waals surface area contributed by atoms with Gasteiger partial charge in [-0.05, 0) is 25.1 Å². The number of sulfone groups is 1. The summed E-state index contributed by atoms with van der Waals surface area (Å²) in [5, 5.41) is 2.67. The summed E-state index contributed by atoms with van der Waals surface area (Å²) in [6, 6.07) is 4.90. The van der Waals surface area contributed by atoms with Crippen molar-refractivity contribution in [2.45, 2.75) is 17.1 Å². The van der Waals surface area contributed by atoms with Gasteiger partial charge in [0.15, 0.2) is 9.84 Å². The number of rotatable bonds is 0. The average Bonchev–Trinajstić information content (AvgIpc) is 2.13. The van der Waals surface area contributed by atoms with Crippen LogP contribution in [-0.2, 0) is 9.84 Å². The van der Waals surface area contributed by atoms with Crippen LogP contribution >= 0.6 is 0 Å². The molecule has 2 rings (SSSR count). The Morgan fingerprint density at radius 3 is 2.93 bits per heavy atom. The van der Waals surface area contributed by atoms with E-state index >= 15 is 0 Å². The number of fused-ring (bicyclic) bond motifs is 1. The summed E-state index contributed by atoms with van der Waals surface area (Å²) in [6.07, 6.45) is 0. The molecule has 1 aliphatic rings. The minimum atomic E-state index is -3.19. The number of benzene rings is 1. The second-order valence-corrected chi connectivity index (χ2v) is 5.83. The van der Waals surface area contributed by atoms with Crippen LogP contribution < -0.4 is 11.1 Å². The Hall–Kier alpha value is -1.23. The molecule has 5 heteroatoms. The summed E-state index contributed by atoms with van der Waals surface area (Å²) in [6.45, 7) is 2.15. The molecule has 76 valence electrons. The van der Waals surface area contributed by atoms with Gasteiger partial charge in [0.05, 0.1) is 15.8 Å². The van der Waals surface area contributed by atoms with E-state index in [-0.39, 0.29) is 0 Å². The third-order valence-electron chi connectivity index (χ3n) is 2.42. The monoisotopic (exact) mass is 212 g/mol. The van der Waals surface area contributed by atoms with Gasteiger partial charge < -0.3 is 11.1 Å². The lowest BCUT2D eigenvalue weighted by Gasteiger charge is -2.23. The zero-order valence-electron chi connectivity index (χ0n) is 7.82. The highest BCUT2D eigenvalue weighted by molar-refractivity contribution is 7.92. The lowest BCUT2D eigenvalue weighted by Crippen LogP contribution is -2.31. The Kier molecular flexibility index (Phi) is 1.92. The molecular formula is C9H12N2O2S. The van der Waals surface area contributed by atoms with Crippen LogP contribution in [0.1, 0.15) is 6.92 Å². The average molecular weight is 212 g/mol. The molecule has 0 aliphatic carbocycles. The summed E-state index contributed by atoms with van der Waals surface area (Å²) < 4.78 is 23.7. The largest absolute Gasteiger partial charge is 0.399 e. The van der Waals surface area contributed by atoms with Crippen LogP contribution in [0.4, 0.5) is 11.4 Å². The van der Waals surface area contributed by atoms with Crippen molar-refractivity contribution in [3.63, 3.8) is 0 Å². The normalized spacial score (nSPS) is 23.6. The Balaban J connectivity index is 2.68. The van der Waals surface area contributed by atoms with Crippen molar-refractivity contribution >= 4 is 21.2 Å². The highest BCUT2D eigenvalue weighted by Crippen LogP contribution is 2.30. The lowest BCUT2D eigenvalue weighted by atomic mass is 10.2. The van der Waals surface area contributed by atoms with Gasteiger partial charge >= 0.3 is 0 Å². The van der Waals surface area contributed by atoms with E-state index < -0.39 is 15.1 Å². The molecule has 1 aliphatic heterocycles. The van der Waals surface area contributed by atoms with Gasteiger partial charge in [0.2, 0.25) is 0 Å². The summed E-state index contributed by atoms with van der Waals surface area (Å²) in [7, 11) is -3.19. The topological polar surface area (TPSA) is 72.2 Å². The van der Waals surface area contributed by atoms with E-state index in [2.05, 4.69) is 5.32 Å². The van der Waals surface area contributed by atoms with E-state index in [9.17, 15) is 8.42 Å². The maximum absolute atomic E-state index is 11.9. The molecule has 0 radical (unpaired) electrons. The third kappa shape index (κ3) is 1.24. The van der Waals surface area contributed by atoms with Crippen molar-refractivity contribution in [3.05, 3.63) is 18.2 Å². The van der Waals surface area contributed by atoms with Gasteiger partial charge in [0, 0.05) is 12.2 Å². The summed E-state index contributed by atoms with van der Waals surface area (Å²) in [5.74, 6) is 0. The van der Waals surface area contributed by atoms with Gasteiger partial charge in [-0.1, -0.05) is 0 Å². The molecule has 1 heterocycles. The molecule has 0 saturated heterocycles. The van der Waals surface area contributed by atoms with Crippen LogP contribution in [0, 0.1) is 0 Å². The number of hydrogen-bond donors (Lipinski definition) is 2. The molecule has 3 N–H and O–H groups in total. The van der Waals surface area contributed by atoms with E-state index in [1.54, 1.807) is 19.1 Å². The Labute approximate surface area is 83.0 Å². The van der Waals surface area contributed by atoms with Gasteiger partial charge in [-0.15, -0.1) is 0 Å². The van der Waals surface area contributed by atoms with Crippen molar-refractivity contribution in [1.29, 1.82) is 0 Å². The summed E-state index contributed by atoms with van der Waals surface area (Å²) >= 11 is 0. The second-order valence-electron chi connectivity index (χ2n) is 3.49. The van der Waals surface area contributed by atoms with E-state index in [4.69, 9.17) is 5.73 Å². The van der Waals surface area contributed by atoms with Gasteiger partial charge in [-0.2, -0.15) is 0 Å². The van der Waals surface area contributed by atoms with E-state index in [0.717, 1.165) is 0 Å². The van der Waals surface area contributed by atoms with Crippen LogP contribution in [0.15, 0.2) is 23.1 Å². The minimum absolute atomic E-state index is 0.316. The first kappa shape index (κ1) is 9.33. The zero-order chi connectivity index (χ0) is 10.3. The molecule has 4 nitrogen and oxygen atoms in total. The number of nitrogens with two attached hydrogens (primary N) is 1. The van der Waals surface area contributed by atoms with Gasteiger partial charge in [0.1, 0.15) is 0 Å². The molecule has 0 amide bonds. The molecule has 1 atom stereocenters. The Bertz CT molecular complexity index is 468. The second kappa shape index (κ2) is 2.88. The van der Waals surface area contributed by atoms with Crippen LogP contribution in [0.3, 0.4) is 0 Å². The van der Waals surface area contributed by atoms with E-state index in [1.165, 1.54) is 6.07 Å². The molecule has 0 fully saturated rings. The fourth-order valence-corrected chi connectivity index (χ4v) is 2.98. The van der Waals surface area contributed by atoms with Crippen LogP contribution in [-0.4, -0.2) is 20.2 Å². The standard InChI is InChI=1S/C9H12N2O2S/c1-6-5-11-8-3-2-7(10)4-9(8)14(6,12)13/h2-4,6,11H,5,10H2,1H3. The molecule has 1 aromatic rings. The fraction of sp³-hybridized carbons (Fsp3) is 0.333. The van der Waals surface area contributed by atoms with Gasteiger partial charge in [0.25, 0.3) is 0 Å². The molecule has 0 spiro atoms. The van der Waals surface area contributed by atoms with Crippen LogP contribution in [0.25, 0.3) is 0 Å². The third-order valence-corrected chi connectivity index (χ3v) is 4.60. The van der Waals surface area contributed by atoms with E-state index in [0.29, 0.717) is 22.8 Å². The maximum atomic E-state index is 11.9. The number of anilines is 2. The molecule has 1 aromatic carbocycles. The Morgan fingerprint density at radius 2 is 2.21 bits per heavy atom. The molecule has 0 saturated carbocycles. The van der Waals surface area contributed by atoms with Crippen molar-refractivity contribution in [2.24, 2.45) is 0 Å². The van der Waals surface area contributed by atoms with Gasteiger partial charge in [-0.25, -0.2) is 8.42 Å². The molecule has 0 bridgehead atoms. The summed E-state index contributed by atoms with van der Waals surface area (Å²) in [5.41, 5.74) is 6.68. The summed E-state index contributed by atoms with van der Waals surface area (Å²) in [4.78, 5) is 0.316. The molecular weight excluding hydrogens is 200 g/mol. The van der Waals surface area contributed by atoms with E-state index in [1.807, 2.05) is 0 Å². The number of nitrogens with one attached hydrogen (secondary N) is 1. The number of nitrogen functional groups attached to an aromatic ring is 1. The van der Waals surface area contributed by atoms with Crippen molar-refractivity contribution < 1.29 is 8.42 Å². The molecule has 14 heavy (non-hydrogen) atoms. The predicted molar refractivity (Wildman–Crippen MR) is 56.0 cm³/mol. The highest BCUT2D eigenvalue weighted by Gasteiger charge is 2.30. The fourth-order valence-electron chi connectivity index (χ4n) is 1.50. The highest BCUT2D eigenvalue weighted by atomic mass is 32.2. The van der Waals surface area contributed by atoms with Crippen molar-refractivity contribution in [2.75, 3.05) is 17.6 Å². The first-order valence-electron chi connectivity index (χ1n) is 4.39.